The van der Waals surface area contributed by atoms with Crippen LogP contribution in [0.4, 0.5) is 5.69 Å². The van der Waals surface area contributed by atoms with Gasteiger partial charge in [0.1, 0.15) is 0 Å². The van der Waals surface area contributed by atoms with Crippen LogP contribution in [0.25, 0.3) is 11.1 Å². The smallest absolute Gasteiger partial charge is 0.408 e. The fourth-order valence-electron chi connectivity index (χ4n) is 1.59. The lowest BCUT2D eigenvalue weighted by Crippen LogP contribution is -2.23. The molecule has 0 fully saturated rings. The molecule has 0 spiro atoms. The number of hydrogen-bond acceptors (Lipinski definition) is 4. The Kier molecular flexibility index (Phi) is 2.70. The molecule has 5 nitrogen and oxygen atoms in total. The standard InChI is InChI=1S/C11H15N3O2/c1-13(2)5-6-14-9-7-8(12)3-4-10(9)16-11(14)15/h3-4,7H,5-6,12H2,1-2H3. The molecule has 2 aromatic rings. The number of nitrogens with two attached hydrogens (primary N) is 1. The molecule has 0 unspecified atom stereocenters. The third-order valence-corrected chi connectivity index (χ3v) is 2.46. The second-order valence-corrected chi connectivity index (χ2v) is 4.05. The summed E-state index contributed by atoms with van der Waals surface area (Å²) in [7, 11) is 3.92. The average molecular weight is 221 g/mol. The van der Waals surface area contributed by atoms with E-state index >= 15 is 0 Å². The number of nitrogen functional groups attached to an aromatic ring is 1. The van der Waals surface area contributed by atoms with E-state index in [-0.39, 0.29) is 5.76 Å². The topological polar surface area (TPSA) is 64.4 Å². The highest BCUT2D eigenvalue weighted by molar-refractivity contribution is 5.76. The number of likely N-dealkylation sites (N-methyl/N-ethyl adjacent to an activating group) is 1. The van der Waals surface area contributed by atoms with Crippen molar-refractivity contribution < 1.29 is 4.42 Å². The molecule has 0 atom stereocenters. The molecular weight excluding hydrogens is 206 g/mol. The zero-order valence-electron chi connectivity index (χ0n) is 9.43. The van der Waals surface area contributed by atoms with E-state index in [4.69, 9.17) is 10.2 Å². The zero-order chi connectivity index (χ0) is 11.7. The van der Waals surface area contributed by atoms with Gasteiger partial charge in [-0.05, 0) is 32.3 Å². The second-order valence-electron chi connectivity index (χ2n) is 4.05. The van der Waals surface area contributed by atoms with Crippen LogP contribution in [0.3, 0.4) is 0 Å². The molecule has 2 N–H and O–H groups in total. The first-order valence-corrected chi connectivity index (χ1v) is 5.11. The number of hydrogen-bond donors (Lipinski definition) is 1. The first kappa shape index (κ1) is 10.8. The van der Waals surface area contributed by atoms with Crippen molar-refractivity contribution in [3.05, 3.63) is 28.7 Å². The summed E-state index contributed by atoms with van der Waals surface area (Å²) >= 11 is 0. The number of benzene rings is 1. The van der Waals surface area contributed by atoms with Crippen LogP contribution >= 0.6 is 0 Å². The van der Waals surface area contributed by atoms with Crippen LogP contribution in [0.15, 0.2) is 27.4 Å². The summed E-state index contributed by atoms with van der Waals surface area (Å²) in [6.45, 7) is 1.38. The van der Waals surface area contributed by atoms with E-state index in [2.05, 4.69) is 0 Å². The van der Waals surface area contributed by atoms with Crippen LogP contribution in [-0.4, -0.2) is 30.1 Å². The first-order valence-electron chi connectivity index (χ1n) is 5.11. The lowest BCUT2D eigenvalue weighted by molar-refractivity contribution is 0.374. The van der Waals surface area contributed by atoms with Crippen molar-refractivity contribution in [3.63, 3.8) is 0 Å². The number of fused-ring (bicyclic) bond motifs is 1. The quantitative estimate of drug-likeness (QED) is 0.776. The third kappa shape index (κ3) is 1.94. The molecule has 5 heteroatoms. The van der Waals surface area contributed by atoms with E-state index in [9.17, 15) is 4.79 Å². The summed E-state index contributed by atoms with van der Waals surface area (Å²) in [4.78, 5) is 13.6. The Morgan fingerprint density at radius 3 is 2.88 bits per heavy atom. The monoisotopic (exact) mass is 221 g/mol. The van der Waals surface area contributed by atoms with Crippen LogP contribution in [0.2, 0.25) is 0 Å². The third-order valence-electron chi connectivity index (χ3n) is 2.46. The molecule has 0 saturated heterocycles. The molecule has 0 radical (unpaired) electrons. The van der Waals surface area contributed by atoms with Crippen molar-refractivity contribution in [1.82, 2.24) is 9.47 Å². The van der Waals surface area contributed by atoms with Crippen molar-refractivity contribution in [3.8, 4) is 0 Å². The number of rotatable bonds is 3. The number of oxazole rings is 1. The van der Waals surface area contributed by atoms with E-state index in [0.29, 0.717) is 17.8 Å². The maximum Gasteiger partial charge on any atom is 0.419 e. The van der Waals surface area contributed by atoms with Gasteiger partial charge in [-0.15, -0.1) is 0 Å². The van der Waals surface area contributed by atoms with Gasteiger partial charge in [0.05, 0.1) is 5.52 Å². The molecule has 0 aliphatic heterocycles. The van der Waals surface area contributed by atoms with E-state index in [1.165, 1.54) is 0 Å². The molecule has 1 aromatic carbocycles. The van der Waals surface area contributed by atoms with Gasteiger partial charge in [0.15, 0.2) is 5.58 Å². The average Bonchev–Trinajstić information content (AvgIpc) is 2.51. The summed E-state index contributed by atoms with van der Waals surface area (Å²) < 4.78 is 6.72. The van der Waals surface area contributed by atoms with Gasteiger partial charge < -0.3 is 15.1 Å². The molecular formula is C11H15N3O2. The SMILES string of the molecule is CN(C)CCn1c(=O)oc2ccc(N)cc21. The molecule has 1 aromatic heterocycles. The highest BCUT2D eigenvalue weighted by Crippen LogP contribution is 2.16. The highest BCUT2D eigenvalue weighted by atomic mass is 16.4. The minimum atomic E-state index is -0.331. The molecule has 0 bridgehead atoms. The Hall–Kier alpha value is -1.75. The fraction of sp³-hybridized carbons (Fsp3) is 0.364. The van der Waals surface area contributed by atoms with E-state index in [1.807, 2.05) is 19.0 Å². The predicted octanol–water partition coefficient (Wildman–Crippen LogP) is 0.738. The Labute approximate surface area is 93.1 Å². The first-order chi connectivity index (χ1) is 7.58. The molecule has 1 heterocycles. The number of aromatic nitrogens is 1. The zero-order valence-corrected chi connectivity index (χ0v) is 9.43. The van der Waals surface area contributed by atoms with Crippen LogP contribution in [0.1, 0.15) is 0 Å². The molecule has 0 amide bonds. The van der Waals surface area contributed by atoms with E-state index < -0.39 is 0 Å². The minimum absolute atomic E-state index is 0.331. The van der Waals surface area contributed by atoms with Crippen LogP contribution in [0, 0.1) is 0 Å². The van der Waals surface area contributed by atoms with Gasteiger partial charge in [-0.25, -0.2) is 4.79 Å². The van der Waals surface area contributed by atoms with Crippen molar-refractivity contribution in [1.29, 1.82) is 0 Å². The lowest BCUT2D eigenvalue weighted by Gasteiger charge is -2.09. The number of nitrogens with zero attached hydrogens (tertiary/aromatic N) is 2. The Bertz CT molecular complexity index is 554. The molecule has 0 saturated carbocycles. The molecule has 0 aliphatic rings. The van der Waals surface area contributed by atoms with Gasteiger partial charge >= 0.3 is 5.76 Å². The van der Waals surface area contributed by atoms with Crippen molar-refractivity contribution in [2.24, 2.45) is 0 Å². The molecule has 86 valence electrons. The summed E-state index contributed by atoms with van der Waals surface area (Å²) in [6.07, 6.45) is 0. The Morgan fingerprint density at radius 1 is 1.44 bits per heavy atom. The van der Waals surface area contributed by atoms with Crippen LogP contribution < -0.4 is 11.5 Å². The molecule has 0 aliphatic carbocycles. The summed E-state index contributed by atoms with van der Waals surface area (Å²) in [5, 5.41) is 0. The summed E-state index contributed by atoms with van der Waals surface area (Å²) in [5.74, 6) is -0.331. The van der Waals surface area contributed by atoms with Gasteiger partial charge in [-0.2, -0.15) is 0 Å². The van der Waals surface area contributed by atoms with E-state index in [1.54, 1.807) is 22.8 Å². The Morgan fingerprint density at radius 2 is 2.19 bits per heavy atom. The molecule has 16 heavy (non-hydrogen) atoms. The molecule has 2 rings (SSSR count). The van der Waals surface area contributed by atoms with Crippen molar-refractivity contribution in [2.45, 2.75) is 6.54 Å². The summed E-state index contributed by atoms with van der Waals surface area (Å²) in [5.41, 5.74) is 7.66. The van der Waals surface area contributed by atoms with Gasteiger partial charge in [-0.3, -0.25) is 4.57 Å². The largest absolute Gasteiger partial charge is 0.419 e. The lowest BCUT2D eigenvalue weighted by atomic mass is 10.3. The minimum Gasteiger partial charge on any atom is -0.408 e. The van der Waals surface area contributed by atoms with Crippen molar-refractivity contribution >= 4 is 16.8 Å². The Balaban J connectivity index is 2.46. The van der Waals surface area contributed by atoms with Gasteiger partial charge in [0, 0.05) is 18.8 Å². The predicted molar refractivity (Wildman–Crippen MR) is 63.4 cm³/mol. The highest BCUT2D eigenvalue weighted by Gasteiger charge is 2.09. The van der Waals surface area contributed by atoms with Gasteiger partial charge in [0.2, 0.25) is 0 Å². The normalized spacial score (nSPS) is 11.4. The maximum atomic E-state index is 11.6. The van der Waals surface area contributed by atoms with Crippen LogP contribution in [0.5, 0.6) is 0 Å². The number of anilines is 1. The van der Waals surface area contributed by atoms with Gasteiger partial charge in [0.25, 0.3) is 0 Å². The summed E-state index contributed by atoms with van der Waals surface area (Å²) in [6, 6.07) is 5.20. The van der Waals surface area contributed by atoms with Gasteiger partial charge in [-0.1, -0.05) is 0 Å². The maximum absolute atomic E-state index is 11.6. The van der Waals surface area contributed by atoms with Crippen LogP contribution in [-0.2, 0) is 6.54 Å². The second kappa shape index (κ2) is 4.02. The van der Waals surface area contributed by atoms with E-state index in [0.717, 1.165) is 12.1 Å². The van der Waals surface area contributed by atoms with Crippen molar-refractivity contribution in [2.75, 3.05) is 26.4 Å². The fourth-order valence-corrected chi connectivity index (χ4v) is 1.59.